The van der Waals surface area contributed by atoms with Gasteiger partial charge in [0.05, 0.1) is 12.5 Å². The van der Waals surface area contributed by atoms with E-state index in [1.807, 2.05) is 20.8 Å². The molecule has 0 spiro atoms. The smallest absolute Gasteiger partial charge is 0.407 e. The Kier molecular flexibility index (Phi) is 5.43. The molecule has 7 nitrogen and oxygen atoms in total. The van der Waals surface area contributed by atoms with Crippen molar-refractivity contribution in [3.63, 3.8) is 0 Å². The quantitative estimate of drug-likeness (QED) is 0.801. The zero-order valence-electron chi connectivity index (χ0n) is 14.4. The highest BCUT2D eigenvalue weighted by Crippen LogP contribution is 2.27. The van der Waals surface area contributed by atoms with Gasteiger partial charge in [-0.1, -0.05) is 0 Å². The molecule has 1 unspecified atom stereocenters. The highest BCUT2D eigenvalue weighted by atomic mass is 16.6. The molecule has 0 aliphatic carbocycles. The molecule has 0 saturated heterocycles. The van der Waals surface area contributed by atoms with Crippen LogP contribution in [0.2, 0.25) is 0 Å². The molecule has 7 heteroatoms. The van der Waals surface area contributed by atoms with Crippen LogP contribution in [-0.2, 0) is 19.0 Å². The van der Waals surface area contributed by atoms with E-state index >= 15 is 0 Å². The van der Waals surface area contributed by atoms with Crippen LogP contribution < -0.4 is 5.32 Å². The third-order valence-corrected chi connectivity index (χ3v) is 3.49. The minimum Gasteiger partial charge on any atom is -0.478 e. The van der Waals surface area contributed by atoms with Crippen molar-refractivity contribution < 1.29 is 23.8 Å². The summed E-state index contributed by atoms with van der Waals surface area (Å²) in [5.41, 5.74) is -1.15. The fourth-order valence-electron chi connectivity index (χ4n) is 1.83. The van der Waals surface area contributed by atoms with Crippen LogP contribution >= 0.6 is 0 Å². The number of hydrogen-bond donors (Lipinski definition) is 1. The van der Waals surface area contributed by atoms with E-state index in [0.717, 1.165) is 0 Å². The minimum atomic E-state index is -0.645. The molecule has 2 atom stereocenters. The van der Waals surface area contributed by atoms with Crippen LogP contribution in [-0.4, -0.2) is 49.4 Å². The standard InChI is InChI=1S/C15H26N2O5/c1-9(16-13(19)22-14(2,3)4)15(5,6)12-17-10(8-21-12)11(18)20-7/h9-10H,8H2,1-7H3,(H,16,19)/t9-,10?/m1/s1. The molecule has 0 aromatic rings. The van der Waals surface area contributed by atoms with E-state index in [-0.39, 0.29) is 12.6 Å². The van der Waals surface area contributed by atoms with Crippen molar-refractivity contribution in [2.24, 2.45) is 10.4 Å². The summed E-state index contributed by atoms with van der Waals surface area (Å²) in [4.78, 5) is 27.6. The number of carbonyl (C=O) groups is 2. The number of aliphatic imine (C=N–C) groups is 1. The summed E-state index contributed by atoms with van der Waals surface area (Å²) < 4.78 is 15.4. The van der Waals surface area contributed by atoms with E-state index in [1.165, 1.54) is 7.11 Å². The first-order chi connectivity index (χ1) is 9.97. The Balaban J connectivity index is 2.73. The Bertz CT molecular complexity index is 465. The summed E-state index contributed by atoms with van der Waals surface area (Å²) in [6.45, 7) is 11.2. The van der Waals surface area contributed by atoms with Gasteiger partial charge in [-0.2, -0.15) is 0 Å². The molecule has 0 radical (unpaired) electrons. The number of nitrogens with one attached hydrogen (secondary N) is 1. The third-order valence-electron chi connectivity index (χ3n) is 3.49. The van der Waals surface area contributed by atoms with Crippen LogP contribution in [0.15, 0.2) is 4.99 Å². The average Bonchev–Trinajstić information content (AvgIpc) is 2.85. The molecular formula is C15H26N2O5. The number of ether oxygens (including phenoxy) is 3. The Morgan fingerprint density at radius 3 is 2.41 bits per heavy atom. The van der Waals surface area contributed by atoms with Crippen LogP contribution in [0.3, 0.4) is 0 Å². The summed E-state index contributed by atoms with van der Waals surface area (Å²) in [6.07, 6.45) is -0.504. The van der Waals surface area contributed by atoms with Gasteiger partial charge in [0.25, 0.3) is 0 Å². The lowest BCUT2D eigenvalue weighted by Gasteiger charge is -2.32. The molecule has 0 bridgehead atoms. The van der Waals surface area contributed by atoms with Crippen LogP contribution in [0.5, 0.6) is 0 Å². The summed E-state index contributed by atoms with van der Waals surface area (Å²) in [5, 5.41) is 2.77. The lowest BCUT2D eigenvalue weighted by Crippen LogP contribution is -2.48. The van der Waals surface area contributed by atoms with Gasteiger partial charge in [0.1, 0.15) is 12.2 Å². The van der Waals surface area contributed by atoms with Crippen molar-refractivity contribution in [3.8, 4) is 0 Å². The zero-order chi connectivity index (χ0) is 17.1. The van der Waals surface area contributed by atoms with E-state index < -0.39 is 29.1 Å². The highest BCUT2D eigenvalue weighted by molar-refractivity contribution is 5.89. The Morgan fingerprint density at radius 2 is 1.91 bits per heavy atom. The number of amides is 1. The molecular weight excluding hydrogens is 288 g/mol. The van der Waals surface area contributed by atoms with Gasteiger partial charge in [-0.25, -0.2) is 14.6 Å². The second-order valence-corrected chi connectivity index (χ2v) is 6.87. The molecule has 1 rings (SSSR count). The van der Waals surface area contributed by atoms with Crippen LogP contribution in [0.4, 0.5) is 4.79 Å². The van der Waals surface area contributed by atoms with E-state index in [4.69, 9.17) is 9.47 Å². The molecule has 0 saturated carbocycles. The van der Waals surface area contributed by atoms with Crippen molar-refractivity contribution in [2.45, 2.75) is 59.2 Å². The molecule has 0 fully saturated rings. The number of rotatable bonds is 4. The molecule has 0 aromatic carbocycles. The van der Waals surface area contributed by atoms with Crippen molar-refractivity contribution in [2.75, 3.05) is 13.7 Å². The van der Waals surface area contributed by atoms with Gasteiger partial charge >= 0.3 is 12.1 Å². The zero-order valence-corrected chi connectivity index (χ0v) is 14.4. The number of alkyl carbamates (subject to hydrolysis) is 1. The van der Waals surface area contributed by atoms with Gasteiger partial charge in [0, 0.05) is 6.04 Å². The summed E-state index contributed by atoms with van der Waals surface area (Å²) >= 11 is 0. The number of methoxy groups -OCH3 is 1. The molecule has 0 aromatic heterocycles. The number of nitrogens with zero attached hydrogens (tertiary/aromatic N) is 1. The number of hydrogen-bond acceptors (Lipinski definition) is 6. The normalized spacial score (nSPS) is 19.8. The van der Waals surface area contributed by atoms with Crippen LogP contribution in [0.1, 0.15) is 41.5 Å². The van der Waals surface area contributed by atoms with E-state index in [2.05, 4.69) is 15.0 Å². The van der Waals surface area contributed by atoms with E-state index in [1.54, 1.807) is 20.8 Å². The average molecular weight is 314 g/mol. The first-order valence-electron chi connectivity index (χ1n) is 7.26. The van der Waals surface area contributed by atoms with Crippen molar-refractivity contribution >= 4 is 18.0 Å². The number of esters is 1. The topological polar surface area (TPSA) is 86.2 Å². The van der Waals surface area contributed by atoms with Crippen molar-refractivity contribution in [3.05, 3.63) is 0 Å². The molecule has 1 aliphatic heterocycles. The van der Waals surface area contributed by atoms with Crippen molar-refractivity contribution in [1.82, 2.24) is 5.32 Å². The van der Waals surface area contributed by atoms with Gasteiger partial charge < -0.3 is 19.5 Å². The predicted molar refractivity (Wildman–Crippen MR) is 81.8 cm³/mol. The lowest BCUT2D eigenvalue weighted by atomic mass is 9.85. The summed E-state index contributed by atoms with van der Waals surface area (Å²) in [5.74, 6) is -0.00925. The molecule has 1 aliphatic rings. The maximum atomic E-state index is 11.9. The molecule has 1 heterocycles. The Morgan fingerprint density at radius 1 is 1.32 bits per heavy atom. The van der Waals surface area contributed by atoms with Crippen LogP contribution in [0, 0.1) is 5.41 Å². The monoisotopic (exact) mass is 314 g/mol. The fraction of sp³-hybridized carbons (Fsp3) is 0.800. The Labute approximate surface area is 131 Å². The summed E-state index contributed by atoms with van der Waals surface area (Å²) in [7, 11) is 1.31. The van der Waals surface area contributed by atoms with E-state index in [0.29, 0.717) is 5.90 Å². The fourth-order valence-corrected chi connectivity index (χ4v) is 1.83. The summed E-state index contributed by atoms with van der Waals surface area (Å²) in [6, 6.07) is -0.939. The minimum absolute atomic E-state index is 0.157. The van der Waals surface area contributed by atoms with Gasteiger partial charge in [-0.3, -0.25) is 0 Å². The maximum absolute atomic E-state index is 11.9. The number of carbonyl (C=O) groups excluding carboxylic acids is 2. The van der Waals surface area contributed by atoms with Gasteiger partial charge in [-0.05, 0) is 41.5 Å². The van der Waals surface area contributed by atoms with E-state index in [9.17, 15) is 9.59 Å². The molecule has 22 heavy (non-hydrogen) atoms. The largest absolute Gasteiger partial charge is 0.478 e. The van der Waals surface area contributed by atoms with Gasteiger partial charge in [0.2, 0.25) is 0 Å². The second-order valence-electron chi connectivity index (χ2n) is 6.87. The first kappa shape index (κ1) is 18.3. The third kappa shape index (κ3) is 4.61. The molecule has 126 valence electrons. The lowest BCUT2D eigenvalue weighted by molar-refractivity contribution is -0.142. The van der Waals surface area contributed by atoms with Crippen molar-refractivity contribution in [1.29, 1.82) is 0 Å². The molecule has 1 amide bonds. The van der Waals surface area contributed by atoms with Gasteiger partial charge in [0.15, 0.2) is 11.9 Å². The second kappa shape index (κ2) is 6.54. The first-order valence-corrected chi connectivity index (χ1v) is 7.26. The van der Waals surface area contributed by atoms with Crippen LogP contribution in [0.25, 0.3) is 0 Å². The molecule has 1 N–H and O–H groups in total. The van der Waals surface area contributed by atoms with Gasteiger partial charge in [-0.15, -0.1) is 0 Å². The Hall–Kier alpha value is -1.79. The maximum Gasteiger partial charge on any atom is 0.407 e. The highest BCUT2D eigenvalue weighted by Gasteiger charge is 2.40. The SMILES string of the molecule is COC(=O)C1COC(C(C)(C)[C@@H](C)NC(=O)OC(C)(C)C)=N1. The predicted octanol–water partition coefficient (Wildman–Crippen LogP) is 1.90.